The van der Waals surface area contributed by atoms with Gasteiger partial charge in [0.15, 0.2) is 5.69 Å². The maximum absolute atomic E-state index is 12.1. The van der Waals surface area contributed by atoms with Gasteiger partial charge in [0.25, 0.3) is 0 Å². The second-order valence-corrected chi connectivity index (χ2v) is 7.73. The molecule has 0 aliphatic carbocycles. The number of aliphatic hydroxyl groups is 1. The maximum Gasteiger partial charge on any atom is 0.358 e. The van der Waals surface area contributed by atoms with E-state index in [1.807, 2.05) is 32.9 Å². The van der Waals surface area contributed by atoms with E-state index in [4.69, 9.17) is 14.6 Å². The van der Waals surface area contributed by atoms with Crippen molar-refractivity contribution >= 4 is 17.3 Å². The summed E-state index contributed by atoms with van der Waals surface area (Å²) >= 11 is 1.42. The number of aliphatic hydroxyl groups excluding tert-OH is 1. The molecule has 142 valence electrons. The predicted molar refractivity (Wildman–Crippen MR) is 101 cm³/mol. The van der Waals surface area contributed by atoms with E-state index in [-0.39, 0.29) is 6.61 Å². The lowest BCUT2D eigenvalue weighted by molar-refractivity contribution is 0.00638. The Balaban J connectivity index is 1.94. The highest BCUT2D eigenvalue weighted by atomic mass is 32.1. The monoisotopic (exact) mass is 378 g/mol. The lowest BCUT2D eigenvalue weighted by Crippen LogP contribution is -2.24. The third kappa shape index (κ3) is 6.82. The predicted octanol–water partition coefficient (Wildman–Crippen LogP) is 3.49. The summed E-state index contributed by atoms with van der Waals surface area (Å²) in [5.74, 6) is -0.408. The molecule has 0 atom stereocenters. The van der Waals surface area contributed by atoms with E-state index >= 15 is 0 Å². The number of nitrogens with zero attached hydrogens (tertiary/aromatic N) is 2. The van der Waals surface area contributed by atoms with E-state index in [2.05, 4.69) is 9.97 Å². The molecular weight excluding hydrogens is 352 g/mol. The topological polar surface area (TPSA) is 81.5 Å². The van der Waals surface area contributed by atoms with Gasteiger partial charge in [0, 0.05) is 42.7 Å². The second kappa shape index (κ2) is 9.75. The van der Waals surface area contributed by atoms with Crippen molar-refractivity contribution in [3.8, 4) is 10.6 Å². The first-order valence-electron chi connectivity index (χ1n) is 8.72. The summed E-state index contributed by atoms with van der Waals surface area (Å²) in [4.78, 5) is 20.9. The van der Waals surface area contributed by atoms with Crippen LogP contribution >= 0.6 is 11.3 Å². The van der Waals surface area contributed by atoms with Crippen molar-refractivity contribution < 1.29 is 19.4 Å². The third-order valence-electron chi connectivity index (χ3n) is 3.34. The first kappa shape index (κ1) is 20.5. The fourth-order valence-electron chi connectivity index (χ4n) is 2.20. The first-order valence-corrected chi connectivity index (χ1v) is 9.60. The number of carbonyl (C=O) groups is 1. The van der Waals surface area contributed by atoms with Crippen LogP contribution in [0.15, 0.2) is 23.7 Å². The summed E-state index contributed by atoms with van der Waals surface area (Å²) < 4.78 is 10.8. The van der Waals surface area contributed by atoms with E-state index in [9.17, 15) is 4.79 Å². The molecule has 0 saturated heterocycles. The number of rotatable bonds is 9. The number of carbonyl (C=O) groups excluding carboxylic acids is 1. The van der Waals surface area contributed by atoms with Gasteiger partial charge >= 0.3 is 5.97 Å². The van der Waals surface area contributed by atoms with Crippen LogP contribution in [0.1, 0.15) is 49.8 Å². The zero-order valence-corrected chi connectivity index (χ0v) is 16.3. The van der Waals surface area contributed by atoms with Crippen LogP contribution in [0.25, 0.3) is 10.6 Å². The number of hydrogen-bond donors (Lipinski definition) is 1. The smallest absolute Gasteiger partial charge is 0.358 e. The van der Waals surface area contributed by atoms with Gasteiger partial charge in [0.05, 0.1) is 0 Å². The molecule has 2 aromatic rings. The van der Waals surface area contributed by atoms with Crippen molar-refractivity contribution in [1.82, 2.24) is 9.97 Å². The second-order valence-electron chi connectivity index (χ2n) is 6.87. The molecule has 1 N–H and O–H groups in total. The van der Waals surface area contributed by atoms with Gasteiger partial charge in [-0.25, -0.2) is 9.78 Å². The van der Waals surface area contributed by atoms with Gasteiger partial charge in [-0.3, -0.25) is 4.98 Å². The molecule has 0 amide bonds. The zero-order chi connectivity index (χ0) is 19.0. The van der Waals surface area contributed by atoms with Crippen molar-refractivity contribution in [1.29, 1.82) is 0 Å². The molecule has 26 heavy (non-hydrogen) atoms. The summed E-state index contributed by atoms with van der Waals surface area (Å²) in [5, 5.41) is 11.2. The molecule has 0 aliphatic rings. The summed E-state index contributed by atoms with van der Waals surface area (Å²) in [5.41, 5.74) is 1.69. The Morgan fingerprint density at radius 3 is 2.77 bits per heavy atom. The van der Waals surface area contributed by atoms with Crippen molar-refractivity contribution in [2.24, 2.45) is 0 Å². The van der Waals surface area contributed by atoms with Crippen molar-refractivity contribution in [2.45, 2.75) is 45.6 Å². The molecule has 2 rings (SSSR count). The van der Waals surface area contributed by atoms with E-state index in [1.54, 1.807) is 11.6 Å². The number of hydrogen-bond acceptors (Lipinski definition) is 7. The maximum atomic E-state index is 12.1. The zero-order valence-electron chi connectivity index (χ0n) is 15.5. The Labute approximate surface area is 158 Å². The van der Waals surface area contributed by atoms with Crippen LogP contribution in [0.5, 0.6) is 0 Å². The highest BCUT2D eigenvalue weighted by molar-refractivity contribution is 7.13. The van der Waals surface area contributed by atoms with Gasteiger partial charge in [-0.1, -0.05) is 0 Å². The van der Waals surface area contributed by atoms with E-state index < -0.39 is 11.6 Å². The highest BCUT2D eigenvalue weighted by Crippen LogP contribution is 2.25. The lowest BCUT2D eigenvalue weighted by Gasteiger charge is -2.18. The van der Waals surface area contributed by atoms with Crippen LogP contribution in [0, 0.1) is 0 Å². The molecule has 6 nitrogen and oxygen atoms in total. The Morgan fingerprint density at radius 1 is 1.27 bits per heavy atom. The van der Waals surface area contributed by atoms with E-state index in [0.717, 1.165) is 29.1 Å². The largest absolute Gasteiger partial charge is 0.455 e. The first-order chi connectivity index (χ1) is 12.4. The molecule has 0 aliphatic heterocycles. The summed E-state index contributed by atoms with van der Waals surface area (Å²) in [6.45, 7) is 6.88. The number of aromatic nitrogens is 2. The van der Waals surface area contributed by atoms with Gasteiger partial charge in [-0.15, -0.1) is 11.3 Å². The van der Waals surface area contributed by atoms with Crippen LogP contribution in [0.4, 0.5) is 0 Å². The fraction of sp³-hybridized carbons (Fsp3) is 0.526. The standard InChI is InChI=1S/C19H26N2O4S/c1-19(2,3)25-18(23)16-13-26-17(21-16)14-7-8-20-15(12-14)6-4-10-24-11-5-9-22/h7-8,12-13,22H,4-6,9-11H2,1-3H3. The molecule has 0 fully saturated rings. The summed E-state index contributed by atoms with van der Waals surface area (Å²) in [6, 6.07) is 3.88. The Hall–Kier alpha value is -1.83. The molecular formula is C19H26N2O4S. The van der Waals surface area contributed by atoms with Crippen molar-refractivity contribution in [3.05, 3.63) is 35.1 Å². The number of aryl methyl sites for hydroxylation is 1. The van der Waals surface area contributed by atoms with Gasteiger partial charge < -0.3 is 14.6 Å². The lowest BCUT2D eigenvalue weighted by atomic mass is 10.1. The van der Waals surface area contributed by atoms with Crippen LogP contribution in [-0.4, -0.2) is 46.5 Å². The molecule has 7 heteroatoms. The SMILES string of the molecule is CC(C)(C)OC(=O)c1csc(-c2ccnc(CCCOCCCO)c2)n1. The van der Waals surface area contributed by atoms with Gasteiger partial charge in [-0.2, -0.15) is 0 Å². The minimum absolute atomic E-state index is 0.155. The number of esters is 1. The molecule has 0 unspecified atom stereocenters. The minimum Gasteiger partial charge on any atom is -0.455 e. The highest BCUT2D eigenvalue weighted by Gasteiger charge is 2.20. The van der Waals surface area contributed by atoms with Gasteiger partial charge in [-0.05, 0) is 52.2 Å². The average molecular weight is 378 g/mol. The van der Waals surface area contributed by atoms with Gasteiger partial charge in [0.2, 0.25) is 0 Å². The molecule has 2 heterocycles. The van der Waals surface area contributed by atoms with Crippen LogP contribution in [-0.2, 0) is 15.9 Å². The molecule has 0 saturated carbocycles. The number of thiazole rings is 1. The molecule has 0 spiro atoms. The normalized spacial score (nSPS) is 11.5. The number of pyridine rings is 1. The molecule has 0 radical (unpaired) electrons. The van der Waals surface area contributed by atoms with Crippen molar-refractivity contribution in [2.75, 3.05) is 19.8 Å². The molecule has 0 aromatic carbocycles. The van der Waals surface area contributed by atoms with Gasteiger partial charge in [0.1, 0.15) is 10.6 Å². The summed E-state index contributed by atoms with van der Waals surface area (Å²) in [7, 11) is 0. The quantitative estimate of drug-likeness (QED) is 0.531. The van der Waals surface area contributed by atoms with E-state index in [0.29, 0.717) is 25.3 Å². The number of ether oxygens (including phenoxy) is 2. The summed E-state index contributed by atoms with van der Waals surface area (Å²) in [6.07, 6.45) is 4.09. The minimum atomic E-state index is -0.538. The van der Waals surface area contributed by atoms with Crippen LogP contribution in [0.2, 0.25) is 0 Å². The Morgan fingerprint density at radius 2 is 2.04 bits per heavy atom. The molecule has 2 aromatic heterocycles. The van der Waals surface area contributed by atoms with Crippen LogP contribution in [0.3, 0.4) is 0 Å². The van der Waals surface area contributed by atoms with Crippen molar-refractivity contribution in [3.63, 3.8) is 0 Å². The Bertz CT molecular complexity index is 710. The molecule has 0 bridgehead atoms. The Kier molecular flexibility index (Phi) is 7.68. The van der Waals surface area contributed by atoms with E-state index in [1.165, 1.54) is 11.3 Å². The average Bonchev–Trinajstić information content (AvgIpc) is 3.07. The fourth-order valence-corrected chi connectivity index (χ4v) is 2.99. The van der Waals surface area contributed by atoms with Crippen LogP contribution < -0.4 is 0 Å². The third-order valence-corrected chi connectivity index (χ3v) is 4.24.